The first-order valence-electron chi connectivity index (χ1n) is 7.17. The van der Waals surface area contributed by atoms with Crippen LogP contribution >= 0.6 is 0 Å². The van der Waals surface area contributed by atoms with Gasteiger partial charge in [0, 0.05) is 18.0 Å². The van der Waals surface area contributed by atoms with Gasteiger partial charge in [-0.3, -0.25) is 4.90 Å². The van der Waals surface area contributed by atoms with Crippen molar-refractivity contribution in [2.45, 2.75) is 51.1 Å². The quantitative estimate of drug-likeness (QED) is 0.777. The van der Waals surface area contributed by atoms with Crippen LogP contribution < -0.4 is 0 Å². The molecule has 1 aromatic carbocycles. The van der Waals surface area contributed by atoms with Gasteiger partial charge < -0.3 is 0 Å². The third-order valence-electron chi connectivity index (χ3n) is 4.75. The van der Waals surface area contributed by atoms with Crippen molar-refractivity contribution in [2.24, 2.45) is 0 Å². The Morgan fingerprint density at radius 2 is 2.06 bits per heavy atom. The molecule has 2 aliphatic rings. The minimum atomic E-state index is 0.514. The average Bonchev–Trinajstić information content (AvgIpc) is 3.18. The lowest BCUT2D eigenvalue weighted by Gasteiger charge is -2.29. The van der Waals surface area contributed by atoms with Crippen molar-refractivity contribution in [3.05, 3.63) is 41.5 Å². The summed E-state index contributed by atoms with van der Waals surface area (Å²) in [6, 6.07) is 8.25. The van der Waals surface area contributed by atoms with Crippen LogP contribution in [0.1, 0.15) is 49.3 Å². The van der Waals surface area contributed by atoms with Crippen molar-refractivity contribution >= 4 is 5.57 Å². The fraction of sp³-hybridized carbons (Fsp3) is 0.529. The van der Waals surface area contributed by atoms with Crippen molar-refractivity contribution in [2.75, 3.05) is 7.05 Å². The molecule has 1 aromatic rings. The topological polar surface area (TPSA) is 3.24 Å². The van der Waals surface area contributed by atoms with Gasteiger partial charge in [-0.2, -0.15) is 0 Å². The molecule has 0 aromatic heterocycles. The van der Waals surface area contributed by atoms with E-state index in [0.717, 1.165) is 12.5 Å². The van der Waals surface area contributed by atoms with E-state index in [-0.39, 0.29) is 0 Å². The standard InChI is InChI=1S/C17H23N/c1-5-13-6-9-15-11(2)17(12(3)16(15)10-13)18(4)14-7-8-14/h6,9-10,12,14,17H,2,5,7-8H2,1,3-4H3. The van der Waals surface area contributed by atoms with Crippen LogP contribution in [0, 0.1) is 0 Å². The maximum Gasteiger partial charge on any atom is 0.0414 e. The second-order valence-corrected chi connectivity index (χ2v) is 5.93. The number of aryl methyl sites for hydroxylation is 1. The molecule has 1 fully saturated rings. The van der Waals surface area contributed by atoms with Crippen molar-refractivity contribution in [3.63, 3.8) is 0 Å². The normalized spacial score (nSPS) is 26.8. The van der Waals surface area contributed by atoms with Gasteiger partial charge in [-0.05, 0) is 48.6 Å². The van der Waals surface area contributed by atoms with E-state index in [0.29, 0.717) is 12.0 Å². The van der Waals surface area contributed by atoms with Crippen molar-refractivity contribution in [1.82, 2.24) is 4.90 Å². The van der Waals surface area contributed by atoms with E-state index in [1.165, 1.54) is 35.1 Å². The first kappa shape index (κ1) is 12.0. The number of nitrogens with zero attached hydrogens (tertiary/aromatic N) is 1. The van der Waals surface area contributed by atoms with Crippen LogP contribution in [0.2, 0.25) is 0 Å². The van der Waals surface area contributed by atoms with E-state index < -0.39 is 0 Å². The minimum absolute atomic E-state index is 0.514. The Bertz CT molecular complexity index is 484. The highest BCUT2D eigenvalue weighted by Crippen LogP contribution is 2.45. The zero-order valence-electron chi connectivity index (χ0n) is 11.7. The first-order valence-corrected chi connectivity index (χ1v) is 7.17. The highest BCUT2D eigenvalue weighted by molar-refractivity contribution is 5.77. The first-order chi connectivity index (χ1) is 8.63. The molecule has 0 aliphatic heterocycles. The van der Waals surface area contributed by atoms with Crippen LogP contribution in [-0.4, -0.2) is 24.0 Å². The lowest BCUT2D eigenvalue weighted by atomic mass is 9.97. The summed E-state index contributed by atoms with van der Waals surface area (Å²) in [6.45, 7) is 8.96. The minimum Gasteiger partial charge on any atom is -0.296 e. The summed E-state index contributed by atoms with van der Waals surface area (Å²) in [4.78, 5) is 2.55. The molecule has 0 bridgehead atoms. The predicted octanol–water partition coefficient (Wildman–Crippen LogP) is 3.84. The van der Waals surface area contributed by atoms with E-state index >= 15 is 0 Å². The molecule has 1 nitrogen and oxygen atoms in total. The molecule has 1 saturated carbocycles. The summed E-state index contributed by atoms with van der Waals surface area (Å²) < 4.78 is 0. The molecule has 0 N–H and O–H groups in total. The van der Waals surface area contributed by atoms with E-state index in [1.54, 1.807) is 0 Å². The molecule has 0 amide bonds. The summed E-state index contributed by atoms with van der Waals surface area (Å²) in [5.41, 5.74) is 5.69. The monoisotopic (exact) mass is 241 g/mol. The largest absolute Gasteiger partial charge is 0.296 e. The third-order valence-corrected chi connectivity index (χ3v) is 4.75. The Balaban J connectivity index is 1.96. The van der Waals surface area contributed by atoms with Crippen molar-refractivity contribution in [3.8, 4) is 0 Å². The van der Waals surface area contributed by atoms with Gasteiger partial charge in [-0.15, -0.1) is 0 Å². The van der Waals surface area contributed by atoms with Crippen molar-refractivity contribution < 1.29 is 0 Å². The number of hydrogen-bond donors (Lipinski definition) is 0. The molecule has 18 heavy (non-hydrogen) atoms. The zero-order chi connectivity index (χ0) is 12.9. The Kier molecular flexibility index (Phi) is 2.82. The maximum absolute atomic E-state index is 4.37. The Morgan fingerprint density at radius 1 is 1.33 bits per heavy atom. The third kappa shape index (κ3) is 1.73. The van der Waals surface area contributed by atoms with Crippen LogP contribution in [0.15, 0.2) is 24.8 Å². The predicted molar refractivity (Wildman–Crippen MR) is 77.8 cm³/mol. The summed E-state index contributed by atoms with van der Waals surface area (Å²) in [7, 11) is 2.27. The number of rotatable bonds is 3. The second-order valence-electron chi connectivity index (χ2n) is 5.93. The van der Waals surface area contributed by atoms with Gasteiger partial charge in [-0.25, -0.2) is 0 Å². The second kappa shape index (κ2) is 4.24. The van der Waals surface area contributed by atoms with Crippen LogP contribution in [0.4, 0.5) is 0 Å². The highest BCUT2D eigenvalue weighted by atomic mass is 15.2. The molecule has 0 radical (unpaired) electrons. The lowest BCUT2D eigenvalue weighted by Crippen LogP contribution is -2.35. The van der Waals surface area contributed by atoms with Gasteiger partial charge in [0.2, 0.25) is 0 Å². The SMILES string of the molecule is C=C1c2ccc(CC)cc2C(C)C1N(C)C1CC1. The molecule has 0 spiro atoms. The molecule has 96 valence electrons. The lowest BCUT2D eigenvalue weighted by molar-refractivity contribution is 0.261. The molecule has 1 heteroatoms. The van der Waals surface area contributed by atoms with Crippen LogP contribution in [0.3, 0.4) is 0 Å². The molecular formula is C17H23N. The van der Waals surface area contributed by atoms with E-state index in [2.05, 4.69) is 50.6 Å². The zero-order valence-corrected chi connectivity index (χ0v) is 11.7. The number of benzene rings is 1. The van der Waals surface area contributed by atoms with Gasteiger partial charge in [0.25, 0.3) is 0 Å². The van der Waals surface area contributed by atoms with E-state index in [9.17, 15) is 0 Å². The van der Waals surface area contributed by atoms with Crippen LogP contribution in [0.5, 0.6) is 0 Å². The fourth-order valence-corrected chi connectivity index (χ4v) is 3.44. The molecule has 2 aliphatic carbocycles. The van der Waals surface area contributed by atoms with Gasteiger partial charge >= 0.3 is 0 Å². The molecule has 2 unspecified atom stereocenters. The van der Waals surface area contributed by atoms with Gasteiger partial charge in [0.1, 0.15) is 0 Å². The number of hydrogen-bond acceptors (Lipinski definition) is 1. The van der Waals surface area contributed by atoms with Gasteiger partial charge in [-0.1, -0.05) is 38.6 Å². The summed E-state index contributed by atoms with van der Waals surface area (Å²) in [5.74, 6) is 0.588. The molecule has 0 saturated heterocycles. The molecular weight excluding hydrogens is 218 g/mol. The highest BCUT2D eigenvalue weighted by Gasteiger charge is 2.40. The number of fused-ring (bicyclic) bond motifs is 1. The molecule has 3 rings (SSSR count). The van der Waals surface area contributed by atoms with Crippen molar-refractivity contribution in [1.29, 1.82) is 0 Å². The Labute approximate surface area is 111 Å². The summed E-state index contributed by atoms with van der Waals surface area (Å²) in [5, 5.41) is 0. The summed E-state index contributed by atoms with van der Waals surface area (Å²) in [6.07, 6.45) is 3.85. The van der Waals surface area contributed by atoms with Crippen LogP contribution in [-0.2, 0) is 6.42 Å². The van der Waals surface area contributed by atoms with E-state index in [4.69, 9.17) is 0 Å². The maximum atomic E-state index is 4.37. The Hall–Kier alpha value is -1.08. The fourth-order valence-electron chi connectivity index (χ4n) is 3.44. The van der Waals surface area contributed by atoms with Gasteiger partial charge in [0.15, 0.2) is 0 Å². The average molecular weight is 241 g/mol. The van der Waals surface area contributed by atoms with Crippen LogP contribution in [0.25, 0.3) is 5.57 Å². The van der Waals surface area contributed by atoms with Gasteiger partial charge in [0.05, 0.1) is 0 Å². The number of likely N-dealkylation sites (N-methyl/N-ethyl adjacent to an activating group) is 1. The van der Waals surface area contributed by atoms with E-state index in [1.807, 2.05) is 0 Å². The smallest absolute Gasteiger partial charge is 0.0414 e. The molecule has 2 atom stereocenters. The summed E-state index contributed by atoms with van der Waals surface area (Å²) >= 11 is 0. The molecule has 0 heterocycles. The Morgan fingerprint density at radius 3 is 2.67 bits per heavy atom.